The Bertz CT molecular complexity index is 906. The minimum Gasteiger partial charge on any atom is -0.489 e. The molecule has 0 atom stereocenters. The first kappa shape index (κ1) is 19.8. The molecule has 144 valence electrons. The molecule has 1 amide bonds. The number of pyridine rings is 1. The van der Waals surface area contributed by atoms with Crippen LogP contribution in [0.4, 0.5) is 8.78 Å². The molecule has 7 heteroatoms. The van der Waals surface area contributed by atoms with Gasteiger partial charge in [-0.3, -0.25) is 4.79 Å². The van der Waals surface area contributed by atoms with E-state index in [1.54, 1.807) is 6.07 Å². The van der Waals surface area contributed by atoms with Gasteiger partial charge in [0.2, 0.25) is 0 Å². The Labute approximate surface area is 166 Å². The van der Waals surface area contributed by atoms with E-state index in [0.717, 1.165) is 16.9 Å². The van der Waals surface area contributed by atoms with Crippen LogP contribution in [0.15, 0.2) is 78.0 Å². The molecule has 3 aromatic rings. The molecular weight excluding hydrogens is 382 g/mol. The molecule has 0 aliphatic rings. The zero-order chi connectivity index (χ0) is 19.8. The van der Waals surface area contributed by atoms with Gasteiger partial charge in [-0.05, 0) is 47.2 Å². The summed E-state index contributed by atoms with van der Waals surface area (Å²) in [5.74, 6) is -2.27. The maximum atomic E-state index is 12.6. The van der Waals surface area contributed by atoms with Crippen molar-refractivity contribution in [2.24, 2.45) is 0 Å². The Balaban J connectivity index is 1.54. The topological polar surface area (TPSA) is 51.2 Å². The predicted molar refractivity (Wildman–Crippen MR) is 104 cm³/mol. The number of benzene rings is 2. The lowest BCUT2D eigenvalue weighted by molar-refractivity contribution is 0.0947. The van der Waals surface area contributed by atoms with E-state index in [1.807, 2.05) is 54.6 Å². The molecule has 2 aromatic carbocycles. The van der Waals surface area contributed by atoms with Crippen molar-refractivity contribution in [2.75, 3.05) is 0 Å². The highest BCUT2D eigenvalue weighted by molar-refractivity contribution is 7.99. The molecule has 0 saturated heterocycles. The van der Waals surface area contributed by atoms with Crippen LogP contribution in [-0.4, -0.2) is 16.6 Å². The average Bonchev–Trinajstić information content (AvgIpc) is 2.72. The van der Waals surface area contributed by atoms with E-state index in [-0.39, 0.29) is 28.9 Å². The van der Waals surface area contributed by atoms with Crippen LogP contribution in [-0.2, 0) is 13.2 Å². The van der Waals surface area contributed by atoms with Gasteiger partial charge in [0.15, 0.2) is 0 Å². The van der Waals surface area contributed by atoms with Crippen molar-refractivity contribution in [2.45, 2.75) is 23.9 Å². The molecule has 28 heavy (non-hydrogen) atoms. The van der Waals surface area contributed by atoms with E-state index < -0.39 is 11.7 Å². The third-order valence-corrected chi connectivity index (χ3v) is 4.57. The van der Waals surface area contributed by atoms with Gasteiger partial charge in [0.1, 0.15) is 17.4 Å². The van der Waals surface area contributed by atoms with Crippen molar-refractivity contribution >= 4 is 17.7 Å². The number of thioether (sulfide) groups is 1. The molecule has 0 bridgehead atoms. The highest BCUT2D eigenvalue weighted by Crippen LogP contribution is 2.26. The van der Waals surface area contributed by atoms with Gasteiger partial charge < -0.3 is 10.1 Å². The van der Waals surface area contributed by atoms with E-state index in [1.165, 1.54) is 12.3 Å². The van der Waals surface area contributed by atoms with Crippen molar-refractivity contribution in [1.82, 2.24) is 10.3 Å². The van der Waals surface area contributed by atoms with Gasteiger partial charge in [0.05, 0.1) is 5.56 Å². The number of hydrogen-bond acceptors (Lipinski definition) is 4. The number of ether oxygens (including phenoxy) is 1. The normalized spacial score (nSPS) is 10.7. The first-order chi connectivity index (χ1) is 13.6. The summed E-state index contributed by atoms with van der Waals surface area (Å²) in [5.41, 5.74) is 2.03. The number of hydrogen-bond donors (Lipinski definition) is 1. The highest BCUT2D eigenvalue weighted by atomic mass is 32.2. The number of nitrogens with zero attached hydrogens (tertiary/aromatic N) is 1. The van der Waals surface area contributed by atoms with Crippen LogP contribution >= 0.6 is 11.8 Å². The minimum atomic E-state index is -2.63. The number of halogens is 2. The van der Waals surface area contributed by atoms with Gasteiger partial charge in [-0.15, -0.1) is 0 Å². The van der Waals surface area contributed by atoms with Gasteiger partial charge in [-0.1, -0.05) is 42.5 Å². The van der Waals surface area contributed by atoms with Gasteiger partial charge >= 0.3 is 0 Å². The van der Waals surface area contributed by atoms with Crippen LogP contribution in [0, 0.1) is 0 Å². The fourth-order valence-corrected chi connectivity index (χ4v) is 3.03. The molecular formula is C21H18F2N2O2S. The second-order valence-electron chi connectivity index (χ2n) is 5.84. The highest BCUT2D eigenvalue weighted by Gasteiger charge is 2.16. The van der Waals surface area contributed by atoms with Crippen LogP contribution in [0.1, 0.15) is 21.5 Å². The summed E-state index contributed by atoms with van der Waals surface area (Å²) in [5, 5.41) is 2.75. The summed E-state index contributed by atoms with van der Waals surface area (Å²) < 4.78 is 30.9. The van der Waals surface area contributed by atoms with E-state index in [4.69, 9.17) is 4.74 Å². The number of para-hydroxylation sites is 1. The molecule has 0 spiro atoms. The van der Waals surface area contributed by atoms with Crippen LogP contribution in [0.25, 0.3) is 0 Å². The average molecular weight is 400 g/mol. The Hall–Kier alpha value is -2.93. The van der Waals surface area contributed by atoms with Crippen molar-refractivity contribution < 1.29 is 18.3 Å². The number of aromatic nitrogens is 1. The summed E-state index contributed by atoms with van der Waals surface area (Å²) in [6.45, 7) is 0.729. The fraction of sp³-hybridized carbons (Fsp3) is 0.143. The Morgan fingerprint density at radius 3 is 2.43 bits per heavy atom. The summed E-state index contributed by atoms with van der Waals surface area (Å²) in [4.78, 5) is 16.2. The predicted octanol–water partition coefficient (Wildman–Crippen LogP) is 4.91. The minimum absolute atomic E-state index is 0.0170. The molecule has 3 rings (SSSR count). The molecule has 0 fully saturated rings. The molecule has 1 heterocycles. The number of carbonyl (C=O) groups excluding carboxylic acids is 1. The first-order valence-electron chi connectivity index (χ1n) is 8.55. The maximum absolute atomic E-state index is 12.6. The second-order valence-corrected chi connectivity index (χ2v) is 6.81. The van der Waals surface area contributed by atoms with Crippen molar-refractivity contribution in [1.29, 1.82) is 0 Å². The molecule has 0 saturated carbocycles. The zero-order valence-electron chi connectivity index (χ0n) is 14.8. The Morgan fingerprint density at radius 2 is 1.71 bits per heavy atom. The van der Waals surface area contributed by atoms with Gasteiger partial charge in [-0.25, -0.2) is 4.98 Å². The van der Waals surface area contributed by atoms with Crippen molar-refractivity contribution in [3.63, 3.8) is 0 Å². The number of nitrogens with one attached hydrogen (secondary N) is 1. The first-order valence-corrected chi connectivity index (χ1v) is 9.43. The van der Waals surface area contributed by atoms with Crippen molar-refractivity contribution in [3.05, 3.63) is 89.6 Å². The quantitative estimate of drug-likeness (QED) is 0.546. The summed E-state index contributed by atoms with van der Waals surface area (Å²) in [6.07, 6.45) is 1.39. The number of rotatable bonds is 8. The molecule has 1 N–H and O–H groups in total. The number of carbonyl (C=O) groups is 1. The van der Waals surface area contributed by atoms with Crippen LogP contribution in [0.3, 0.4) is 0 Å². The van der Waals surface area contributed by atoms with Gasteiger partial charge in [-0.2, -0.15) is 8.78 Å². The third kappa shape index (κ3) is 5.79. The largest absolute Gasteiger partial charge is 0.489 e. The lowest BCUT2D eigenvalue weighted by Crippen LogP contribution is -2.23. The summed E-state index contributed by atoms with van der Waals surface area (Å²) in [6, 6.07) is 20.2. The number of amides is 1. The van der Waals surface area contributed by atoms with Crippen LogP contribution < -0.4 is 10.1 Å². The fourth-order valence-electron chi connectivity index (χ4n) is 2.46. The third-order valence-electron chi connectivity index (χ3n) is 3.84. The standard InChI is InChI=1S/C21H18F2N2O2S/c22-21(23)28-20-18(7-4-12-24-20)19(26)25-13-15-8-10-16(11-9-15)14-27-17-5-2-1-3-6-17/h1-12,21H,13-14H2,(H,25,26). The lowest BCUT2D eigenvalue weighted by atomic mass is 10.1. The summed E-state index contributed by atoms with van der Waals surface area (Å²) >= 11 is 0.261. The lowest BCUT2D eigenvalue weighted by Gasteiger charge is -2.10. The molecule has 0 unspecified atom stereocenters. The molecule has 0 aliphatic heterocycles. The zero-order valence-corrected chi connectivity index (χ0v) is 15.7. The number of alkyl halides is 2. The Morgan fingerprint density at radius 1 is 1.00 bits per heavy atom. The van der Waals surface area contributed by atoms with E-state index in [2.05, 4.69) is 10.3 Å². The van der Waals surface area contributed by atoms with E-state index in [0.29, 0.717) is 6.61 Å². The molecule has 0 radical (unpaired) electrons. The SMILES string of the molecule is O=C(NCc1ccc(COc2ccccc2)cc1)c1cccnc1SC(F)F. The molecule has 0 aliphatic carbocycles. The Kier molecular flexibility index (Phi) is 6.97. The van der Waals surface area contributed by atoms with E-state index in [9.17, 15) is 13.6 Å². The monoisotopic (exact) mass is 400 g/mol. The molecule has 4 nitrogen and oxygen atoms in total. The van der Waals surface area contributed by atoms with Crippen LogP contribution in [0.2, 0.25) is 0 Å². The molecule has 1 aromatic heterocycles. The summed E-state index contributed by atoms with van der Waals surface area (Å²) in [7, 11) is 0. The van der Waals surface area contributed by atoms with Gasteiger partial charge in [0.25, 0.3) is 11.7 Å². The van der Waals surface area contributed by atoms with Crippen LogP contribution in [0.5, 0.6) is 5.75 Å². The maximum Gasteiger partial charge on any atom is 0.290 e. The van der Waals surface area contributed by atoms with Crippen molar-refractivity contribution in [3.8, 4) is 5.75 Å². The van der Waals surface area contributed by atoms with E-state index >= 15 is 0 Å². The van der Waals surface area contributed by atoms with Gasteiger partial charge in [0, 0.05) is 12.7 Å². The second kappa shape index (κ2) is 9.85. The smallest absolute Gasteiger partial charge is 0.290 e.